The van der Waals surface area contributed by atoms with Crippen LogP contribution in [0.3, 0.4) is 0 Å². The lowest BCUT2D eigenvalue weighted by Gasteiger charge is -2.10. The lowest BCUT2D eigenvalue weighted by Crippen LogP contribution is -2.04. The summed E-state index contributed by atoms with van der Waals surface area (Å²) < 4.78 is 0. The monoisotopic (exact) mass is 239 g/mol. The van der Waals surface area contributed by atoms with E-state index < -0.39 is 6.10 Å². The maximum absolute atomic E-state index is 9.93. The zero-order valence-corrected chi connectivity index (χ0v) is 9.50. The van der Waals surface area contributed by atoms with Crippen LogP contribution in [0.4, 0.5) is 0 Å². The Morgan fingerprint density at radius 2 is 2.33 bits per heavy atom. The molecule has 0 fully saturated rings. The van der Waals surface area contributed by atoms with Gasteiger partial charge in [-0.15, -0.1) is 0 Å². The third-order valence-corrected chi connectivity index (χ3v) is 3.16. The number of aromatic nitrogens is 1. The van der Waals surface area contributed by atoms with Crippen molar-refractivity contribution in [3.63, 3.8) is 0 Å². The Balaban J connectivity index is 2.15. The molecule has 0 aliphatic carbocycles. The van der Waals surface area contributed by atoms with Gasteiger partial charge in [0.05, 0.1) is 10.7 Å². The van der Waals surface area contributed by atoms with E-state index in [9.17, 15) is 5.11 Å². The van der Waals surface area contributed by atoms with E-state index in [1.807, 2.05) is 16.8 Å². The van der Waals surface area contributed by atoms with Crippen molar-refractivity contribution in [1.29, 1.82) is 0 Å². The molecule has 0 aromatic carbocycles. The van der Waals surface area contributed by atoms with E-state index in [1.165, 1.54) is 0 Å². The summed E-state index contributed by atoms with van der Waals surface area (Å²) in [6.45, 7) is 0. The quantitative estimate of drug-likeness (QED) is 0.893. The van der Waals surface area contributed by atoms with Crippen LogP contribution < -0.4 is 0 Å². The van der Waals surface area contributed by atoms with Crippen LogP contribution in [0.2, 0.25) is 5.02 Å². The van der Waals surface area contributed by atoms with Gasteiger partial charge >= 0.3 is 0 Å². The number of thiophene rings is 1. The van der Waals surface area contributed by atoms with Gasteiger partial charge in [0, 0.05) is 12.6 Å². The number of halogens is 1. The highest BCUT2D eigenvalue weighted by molar-refractivity contribution is 7.07. The molecule has 0 aliphatic heterocycles. The van der Waals surface area contributed by atoms with Gasteiger partial charge < -0.3 is 5.11 Å². The van der Waals surface area contributed by atoms with Gasteiger partial charge in [-0.05, 0) is 34.5 Å². The molecule has 2 aromatic heterocycles. The molecule has 2 rings (SSSR count). The maximum atomic E-state index is 9.93. The van der Waals surface area contributed by atoms with Crippen LogP contribution in [0.1, 0.15) is 17.4 Å². The second-order valence-corrected chi connectivity index (χ2v) is 4.41. The summed E-state index contributed by atoms with van der Waals surface area (Å²) in [6.07, 6.45) is 1.56. The van der Waals surface area contributed by atoms with Crippen molar-refractivity contribution < 1.29 is 5.11 Å². The number of hydrogen-bond acceptors (Lipinski definition) is 3. The van der Waals surface area contributed by atoms with Gasteiger partial charge in [-0.25, -0.2) is 0 Å². The smallest absolute Gasteiger partial charge is 0.101 e. The zero-order valence-electron chi connectivity index (χ0n) is 7.93. The first-order valence-electron chi connectivity index (χ1n) is 4.57. The number of rotatable bonds is 3. The maximum Gasteiger partial charge on any atom is 0.101 e. The SMILES string of the molecule is OC(Cc1ccsc1)c1ncccc1Cl. The third-order valence-electron chi connectivity index (χ3n) is 2.11. The van der Waals surface area contributed by atoms with Crippen LogP contribution in [0.15, 0.2) is 35.2 Å². The molecule has 1 N–H and O–H groups in total. The minimum atomic E-state index is -0.631. The van der Waals surface area contributed by atoms with E-state index in [4.69, 9.17) is 11.6 Å². The molecule has 1 unspecified atom stereocenters. The van der Waals surface area contributed by atoms with Crippen LogP contribution >= 0.6 is 22.9 Å². The molecule has 0 saturated carbocycles. The topological polar surface area (TPSA) is 33.1 Å². The Bertz CT molecular complexity index is 430. The van der Waals surface area contributed by atoms with Crippen molar-refractivity contribution in [1.82, 2.24) is 4.98 Å². The number of nitrogens with zero attached hydrogens (tertiary/aromatic N) is 1. The van der Waals surface area contributed by atoms with Crippen molar-refractivity contribution in [2.75, 3.05) is 0 Å². The fourth-order valence-electron chi connectivity index (χ4n) is 1.37. The van der Waals surface area contributed by atoms with Gasteiger partial charge in [-0.2, -0.15) is 11.3 Å². The van der Waals surface area contributed by atoms with Crippen molar-refractivity contribution in [3.05, 3.63) is 51.4 Å². The number of aliphatic hydroxyl groups is 1. The minimum Gasteiger partial charge on any atom is -0.386 e. The minimum absolute atomic E-state index is 0.514. The summed E-state index contributed by atoms with van der Waals surface area (Å²) >= 11 is 7.56. The highest BCUT2D eigenvalue weighted by Crippen LogP contribution is 2.23. The molecule has 0 aliphatic rings. The standard InChI is InChI=1S/C11H10ClNOS/c12-9-2-1-4-13-11(9)10(14)6-8-3-5-15-7-8/h1-5,7,10,14H,6H2. The average molecular weight is 240 g/mol. The predicted octanol–water partition coefficient (Wildman–Crippen LogP) is 3.07. The molecule has 4 heteroatoms. The molecule has 2 heterocycles. The molecular weight excluding hydrogens is 230 g/mol. The van der Waals surface area contributed by atoms with Gasteiger partial charge in [0.1, 0.15) is 6.10 Å². The first-order valence-corrected chi connectivity index (χ1v) is 5.89. The van der Waals surface area contributed by atoms with Crippen LogP contribution in [0.5, 0.6) is 0 Å². The molecule has 0 bridgehead atoms. The van der Waals surface area contributed by atoms with Crippen LogP contribution in [0.25, 0.3) is 0 Å². The van der Waals surface area contributed by atoms with Gasteiger partial charge in [0.15, 0.2) is 0 Å². The van der Waals surface area contributed by atoms with Gasteiger partial charge in [-0.3, -0.25) is 4.98 Å². The number of hydrogen-bond donors (Lipinski definition) is 1. The second kappa shape index (κ2) is 4.75. The van der Waals surface area contributed by atoms with E-state index in [0.29, 0.717) is 17.1 Å². The molecular formula is C11H10ClNOS. The first-order chi connectivity index (χ1) is 7.27. The number of pyridine rings is 1. The van der Waals surface area contributed by atoms with E-state index in [1.54, 1.807) is 29.7 Å². The molecule has 0 saturated heterocycles. The summed E-state index contributed by atoms with van der Waals surface area (Å²) in [7, 11) is 0. The summed E-state index contributed by atoms with van der Waals surface area (Å²) in [6, 6.07) is 5.48. The normalized spacial score (nSPS) is 12.7. The molecule has 15 heavy (non-hydrogen) atoms. The highest BCUT2D eigenvalue weighted by atomic mass is 35.5. The average Bonchev–Trinajstić information content (AvgIpc) is 2.71. The Labute approximate surface area is 97.2 Å². The largest absolute Gasteiger partial charge is 0.386 e. The lowest BCUT2D eigenvalue weighted by molar-refractivity contribution is 0.174. The Morgan fingerprint density at radius 1 is 1.47 bits per heavy atom. The lowest BCUT2D eigenvalue weighted by atomic mass is 10.1. The summed E-state index contributed by atoms with van der Waals surface area (Å²) in [5.41, 5.74) is 1.65. The van der Waals surface area contributed by atoms with Crippen LogP contribution in [-0.2, 0) is 6.42 Å². The van der Waals surface area contributed by atoms with E-state index >= 15 is 0 Å². The predicted molar refractivity (Wildman–Crippen MR) is 62.2 cm³/mol. The van der Waals surface area contributed by atoms with E-state index in [2.05, 4.69) is 4.98 Å². The molecule has 2 aromatic rings. The molecule has 0 amide bonds. The molecule has 0 spiro atoms. The summed E-state index contributed by atoms with van der Waals surface area (Å²) in [4.78, 5) is 4.08. The molecule has 1 atom stereocenters. The van der Waals surface area contributed by atoms with Crippen molar-refractivity contribution in [2.24, 2.45) is 0 Å². The van der Waals surface area contributed by atoms with E-state index in [0.717, 1.165) is 5.56 Å². The Kier molecular flexibility index (Phi) is 3.36. The Morgan fingerprint density at radius 3 is 3.00 bits per heavy atom. The highest BCUT2D eigenvalue weighted by Gasteiger charge is 2.13. The van der Waals surface area contributed by atoms with E-state index in [-0.39, 0.29) is 0 Å². The Hall–Kier alpha value is -0.900. The third kappa shape index (κ3) is 2.56. The van der Waals surface area contributed by atoms with Crippen molar-refractivity contribution in [3.8, 4) is 0 Å². The van der Waals surface area contributed by atoms with Gasteiger partial charge in [-0.1, -0.05) is 11.6 Å². The fraction of sp³-hybridized carbons (Fsp3) is 0.182. The zero-order chi connectivity index (χ0) is 10.7. The van der Waals surface area contributed by atoms with Crippen molar-refractivity contribution in [2.45, 2.75) is 12.5 Å². The molecule has 78 valence electrons. The van der Waals surface area contributed by atoms with Gasteiger partial charge in [0.25, 0.3) is 0 Å². The van der Waals surface area contributed by atoms with Crippen molar-refractivity contribution >= 4 is 22.9 Å². The number of aliphatic hydroxyl groups excluding tert-OH is 1. The second-order valence-electron chi connectivity index (χ2n) is 3.22. The fourth-order valence-corrected chi connectivity index (χ4v) is 2.30. The summed E-state index contributed by atoms with van der Waals surface area (Å²) in [5.74, 6) is 0. The molecule has 0 radical (unpaired) electrons. The van der Waals surface area contributed by atoms with Crippen LogP contribution in [-0.4, -0.2) is 10.1 Å². The first kappa shape index (κ1) is 10.6. The van der Waals surface area contributed by atoms with Crippen LogP contribution in [0, 0.1) is 0 Å². The van der Waals surface area contributed by atoms with Gasteiger partial charge in [0.2, 0.25) is 0 Å². The molecule has 2 nitrogen and oxygen atoms in total. The summed E-state index contributed by atoms with van der Waals surface area (Å²) in [5, 5.41) is 14.4.